The first-order valence-corrected chi connectivity index (χ1v) is 8.36. The summed E-state index contributed by atoms with van der Waals surface area (Å²) < 4.78 is 0. The summed E-state index contributed by atoms with van der Waals surface area (Å²) in [4.78, 5) is 14.9. The van der Waals surface area contributed by atoms with Crippen LogP contribution in [0.15, 0.2) is 30.3 Å². The molecule has 0 bridgehead atoms. The number of rotatable bonds is 6. The van der Waals surface area contributed by atoms with Gasteiger partial charge < -0.3 is 10.2 Å². The molecule has 0 saturated carbocycles. The van der Waals surface area contributed by atoms with Crippen molar-refractivity contribution < 1.29 is 4.79 Å². The molecule has 3 heteroatoms. The van der Waals surface area contributed by atoms with Gasteiger partial charge in [0.2, 0.25) is 5.91 Å². The van der Waals surface area contributed by atoms with Gasteiger partial charge in [-0.2, -0.15) is 0 Å². The number of anilines is 1. The predicted octanol–water partition coefficient (Wildman–Crippen LogP) is 3.60. The Kier molecular flexibility index (Phi) is 6.24. The second-order valence-electron chi connectivity index (χ2n) is 5.98. The van der Waals surface area contributed by atoms with Crippen molar-refractivity contribution >= 4 is 11.6 Å². The molecule has 2 atom stereocenters. The highest BCUT2D eigenvalue weighted by Gasteiger charge is 2.29. The Labute approximate surface area is 128 Å². The number of benzene rings is 1. The van der Waals surface area contributed by atoms with Gasteiger partial charge in [0.25, 0.3) is 0 Å². The maximum atomic E-state index is 12.9. The molecule has 1 aliphatic rings. The topological polar surface area (TPSA) is 32.3 Å². The number of hydrogen-bond donors (Lipinski definition) is 1. The Morgan fingerprint density at radius 3 is 2.71 bits per heavy atom. The minimum Gasteiger partial charge on any atom is -0.311 e. The van der Waals surface area contributed by atoms with Gasteiger partial charge in [-0.05, 0) is 43.9 Å². The lowest BCUT2D eigenvalue weighted by atomic mass is 9.89. The van der Waals surface area contributed by atoms with Crippen molar-refractivity contribution in [3.63, 3.8) is 0 Å². The predicted molar refractivity (Wildman–Crippen MR) is 88.5 cm³/mol. The van der Waals surface area contributed by atoms with Crippen molar-refractivity contribution in [2.45, 2.75) is 52.0 Å². The van der Waals surface area contributed by atoms with Crippen LogP contribution in [0.4, 0.5) is 5.69 Å². The van der Waals surface area contributed by atoms with E-state index in [9.17, 15) is 4.79 Å². The van der Waals surface area contributed by atoms with E-state index in [0.717, 1.165) is 38.0 Å². The molecular formula is C18H28N2O. The highest BCUT2D eigenvalue weighted by Crippen LogP contribution is 2.23. The summed E-state index contributed by atoms with van der Waals surface area (Å²) in [5.74, 6) is 0.928. The average molecular weight is 288 g/mol. The highest BCUT2D eigenvalue weighted by molar-refractivity contribution is 5.97. The van der Waals surface area contributed by atoms with E-state index in [-0.39, 0.29) is 11.9 Å². The Morgan fingerprint density at radius 2 is 2.05 bits per heavy atom. The van der Waals surface area contributed by atoms with E-state index in [1.807, 2.05) is 35.2 Å². The number of para-hydroxylation sites is 1. The number of carbonyl (C=O) groups excluding carboxylic acids is 1. The Hall–Kier alpha value is -1.35. The number of nitrogens with one attached hydrogen (secondary N) is 1. The molecular weight excluding hydrogens is 260 g/mol. The SMILES string of the molecule is CCCCN(C(=O)C1CC(CC)CCN1)c1ccccc1. The Balaban J connectivity index is 2.10. The first-order chi connectivity index (χ1) is 10.3. The lowest BCUT2D eigenvalue weighted by Crippen LogP contribution is -2.50. The zero-order valence-corrected chi connectivity index (χ0v) is 13.3. The minimum atomic E-state index is -0.0132. The third kappa shape index (κ3) is 4.31. The third-order valence-electron chi connectivity index (χ3n) is 4.46. The van der Waals surface area contributed by atoms with E-state index >= 15 is 0 Å². The van der Waals surface area contributed by atoms with Crippen molar-refractivity contribution in [2.75, 3.05) is 18.0 Å². The van der Waals surface area contributed by atoms with E-state index in [2.05, 4.69) is 19.2 Å². The molecule has 116 valence electrons. The first-order valence-electron chi connectivity index (χ1n) is 8.36. The van der Waals surface area contributed by atoms with Crippen LogP contribution in [0, 0.1) is 5.92 Å². The molecule has 2 rings (SSSR count). The van der Waals surface area contributed by atoms with Gasteiger partial charge in [0, 0.05) is 12.2 Å². The highest BCUT2D eigenvalue weighted by atomic mass is 16.2. The van der Waals surface area contributed by atoms with Gasteiger partial charge in [-0.1, -0.05) is 44.9 Å². The van der Waals surface area contributed by atoms with Crippen molar-refractivity contribution in [3.8, 4) is 0 Å². The number of amides is 1. The molecule has 0 aromatic heterocycles. The lowest BCUT2D eigenvalue weighted by molar-refractivity contribution is -0.121. The van der Waals surface area contributed by atoms with Crippen LogP contribution >= 0.6 is 0 Å². The largest absolute Gasteiger partial charge is 0.311 e. The zero-order chi connectivity index (χ0) is 15.1. The molecule has 1 heterocycles. The number of nitrogens with zero attached hydrogens (tertiary/aromatic N) is 1. The van der Waals surface area contributed by atoms with Crippen LogP contribution in [0.5, 0.6) is 0 Å². The number of piperidine rings is 1. The summed E-state index contributed by atoms with van der Waals surface area (Å²) in [5.41, 5.74) is 1.02. The van der Waals surface area contributed by atoms with Gasteiger partial charge >= 0.3 is 0 Å². The number of hydrogen-bond acceptors (Lipinski definition) is 2. The molecule has 1 saturated heterocycles. The molecule has 1 fully saturated rings. The van der Waals surface area contributed by atoms with Gasteiger partial charge in [0.1, 0.15) is 0 Å². The van der Waals surface area contributed by atoms with Gasteiger partial charge in [0.15, 0.2) is 0 Å². The molecule has 1 aliphatic heterocycles. The van der Waals surface area contributed by atoms with Crippen molar-refractivity contribution in [2.24, 2.45) is 5.92 Å². The van der Waals surface area contributed by atoms with E-state index < -0.39 is 0 Å². The molecule has 2 unspecified atom stereocenters. The summed E-state index contributed by atoms with van der Waals surface area (Å²) in [7, 11) is 0. The second kappa shape index (κ2) is 8.18. The first kappa shape index (κ1) is 16.0. The van der Waals surface area contributed by atoms with Crippen LogP contribution < -0.4 is 10.2 Å². The standard InChI is InChI=1S/C18H28N2O/c1-3-5-13-20(16-9-7-6-8-10-16)18(21)17-14-15(4-2)11-12-19-17/h6-10,15,17,19H,3-5,11-14H2,1-2H3. The zero-order valence-electron chi connectivity index (χ0n) is 13.3. The molecule has 0 aliphatic carbocycles. The average Bonchev–Trinajstić information content (AvgIpc) is 2.56. The van der Waals surface area contributed by atoms with Crippen molar-refractivity contribution in [3.05, 3.63) is 30.3 Å². The maximum Gasteiger partial charge on any atom is 0.244 e. The van der Waals surface area contributed by atoms with Crippen LogP contribution in [0.3, 0.4) is 0 Å². The molecule has 0 spiro atoms. The number of carbonyl (C=O) groups is 1. The Bertz CT molecular complexity index is 432. The summed E-state index contributed by atoms with van der Waals surface area (Å²) in [5, 5.41) is 3.42. The lowest BCUT2D eigenvalue weighted by Gasteiger charge is -2.33. The van der Waals surface area contributed by atoms with Crippen molar-refractivity contribution in [1.29, 1.82) is 0 Å². The van der Waals surface area contributed by atoms with Crippen LogP contribution in [0.2, 0.25) is 0 Å². The monoisotopic (exact) mass is 288 g/mol. The van der Waals surface area contributed by atoms with E-state index in [0.29, 0.717) is 5.92 Å². The van der Waals surface area contributed by atoms with Crippen LogP contribution in [-0.2, 0) is 4.79 Å². The Morgan fingerprint density at radius 1 is 1.29 bits per heavy atom. The molecule has 1 amide bonds. The van der Waals surface area contributed by atoms with Crippen LogP contribution in [-0.4, -0.2) is 25.0 Å². The number of unbranched alkanes of at least 4 members (excludes halogenated alkanes) is 1. The summed E-state index contributed by atoms with van der Waals surface area (Å²) in [6, 6.07) is 10.1. The molecule has 1 N–H and O–H groups in total. The molecule has 3 nitrogen and oxygen atoms in total. The molecule has 1 aromatic carbocycles. The summed E-state index contributed by atoms with van der Waals surface area (Å²) in [6.45, 7) is 6.17. The van der Waals surface area contributed by atoms with Crippen LogP contribution in [0.1, 0.15) is 46.0 Å². The van der Waals surface area contributed by atoms with Gasteiger partial charge in [-0.25, -0.2) is 0 Å². The van der Waals surface area contributed by atoms with Gasteiger partial charge in [-0.3, -0.25) is 4.79 Å². The van der Waals surface area contributed by atoms with Crippen molar-refractivity contribution in [1.82, 2.24) is 5.32 Å². The molecule has 0 radical (unpaired) electrons. The second-order valence-corrected chi connectivity index (χ2v) is 5.98. The fourth-order valence-corrected chi connectivity index (χ4v) is 3.03. The van der Waals surface area contributed by atoms with Gasteiger partial charge in [-0.15, -0.1) is 0 Å². The summed E-state index contributed by atoms with van der Waals surface area (Å²) in [6.07, 6.45) is 5.49. The van der Waals surface area contributed by atoms with E-state index in [1.54, 1.807) is 0 Å². The maximum absolute atomic E-state index is 12.9. The van der Waals surface area contributed by atoms with E-state index in [1.165, 1.54) is 12.8 Å². The summed E-state index contributed by atoms with van der Waals surface area (Å²) >= 11 is 0. The third-order valence-corrected chi connectivity index (χ3v) is 4.46. The van der Waals surface area contributed by atoms with E-state index in [4.69, 9.17) is 0 Å². The quantitative estimate of drug-likeness (QED) is 0.867. The fraction of sp³-hybridized carbons (Fsp3) is 0.611. The normalized spacial score (nSPS) is 22.0. The fourth-order valence-electron chi connectivity index (χ4n) is 3.03. The molecule has 21 heavy (non-hydrogen) atoms. The smallest absolute Gasteiger partial charge is 0.244 e. The minimum absolute atomic E-state index is 0.0132. The van der Waals surface area contributed by atoms with Crippen LogP contribution in [0.25, 0.3) is 0 Å². The van der Waals surface area contributed by atoms with Gasteiger partial charge in [0.05, 0.1) is 6.04 Å². The molecule has 1 aromatic rings.